The first kappa shape index (κ1) is 20.0. The Kier molecular flexibility index (Phi) is 5.97. The van der Waals surface area contributed by atoms with E-state index in [0.717, 1.165) is 55.1 Å². The van der Waals surface area contributed by atoms with Crippen LogP contribution in [0.25, 0.3) is 0 Å². The lowest BCUT2D eigenvalue weighted by Gasteiger charge is -2.40. The highest BCUT2D eigenvalue weighted by molar-refractivity contribution is 6.31. The summed E-state index contributed by atoms with van der Waals surface area (Å²) < 4.78 is 16.6. The van der Waals surface area contributed by atoms with Crippen LogP contribution in [-0.2, 0) is 22.5 Å². The average Bonchev–Trinajstić information content (AvgIpc) is 3.21. The number of halogens is 1. The van der Waals surface area contributed by atoms with Gasteiger partial charge in [0.05, 0.1) is 12.0 Å². The van der Waals surface area contributed by atoms with E-state index in [2.05, 4.69) is 11.0 Å². The highest BCUT2D eigenvalue weighted by atomic mass is 35.5. The van der Waals surface area contributed by atoms with E-state index in [0.29, 0.717) is 18.1 Å². The van der Waals surface area contributed by atoms with Crippen molar-refractivity contribution in [2.45, 2.75) is 32.7 Å². The number of likely N-dealkylation sites (tertiary alicyclic amines) is 1. The molecule has 2 aromatic rings. The number of piperidine rings is 1. The number of carbonyl (C=O) groups excluding carboxylic acids is 1. The highest BCUT2D eigenvalue weighted by Crippen LogP contribution is 2.40. The summed E-state index contributed by atoms with van der Waals surface area (Å²) in [5, 5.41) is 0.704. The second kappa shape index (κ2) is 8.64. The molecule has 0 amide bonds. The Balaban J connectivity index is 1.48. The number of para-hydroxylation sites is 1. The molecule has 5 nitrogen and oxygen atoms in total. The van der Waals surface area contributed by atoms with Crippen molar-refractivity contribution in [3.05, 3.63) is 58.6 Å². The minimum absolute atomic E-state index is 0.114. The van der Waals surface area contributed by atoms with Gasteiger partial charge in [-0.15, -0.1) is 0 Å². The fourth-order valence-electron chi connectivity index (χ4n) is 4.24. The van der Waals surface area contributed by atoms with E-state index in [1.165, 1.54) is 0 Å². The smallest absolute Gasteiger partial charge is 0.312 e. The molecule has 0 spiro atoms. The van der Waals surface area contributed by atoms with Gasteiger partial charge >= 0.3 is 5.97 Å². The first-order valence-corrected chi connectivity index (χ1v) is 10.5. The third-order valence-corrected chi connectivity index (χ3v) is 6.25. The Morgan fingerprint density at radius 3 is 2.62 bits per heavy atom. The maximum absolute atomic E-state index is 12.9. The second-order valence-electron chi connectivity index (χ2n) is 7.70. The third kappa shape index (κ3) is 4.21. The molecule has 29 heavy (non-hydrogen) atoms. The number of hydrogen-bond donors (Lipinski definition) is 0. The van der Waals surface area contributed by atoms with Gasteiger partial charge in [0.2, 0.25) is 6.79 Å². The lowest BCUT2D eigenvalue weighted by molar-refractivity contribution is -0.158. The van der Waals surface area contributed by atoms with Gasteiger partial charge in [-0.3, -0.25) is 9.69 Å². The summed E-state index contributed by atoms with van der Waals surface area (Å²) in [4.78, 5) is 15.3. The van der Waals surface area contributed by atoms with Crippen LogP contribution in [0.1, 0.15) is 30.9 Å². The fourth-order valence-corrected chi connectivity index (χ4v) is 4.44. The van der Waals surface area contributed by atoms with Crippen LogP contribution in [0.15, 0.2) is 42.5 Å². The normalized spacial score (nSPS) is 17.9. The summed E-state index contributed by atoms with van der Waals surface area (Å²) in [7, 11) is 0. The molecule has 154 valence electrons. The van der Waals surface area contributed by atoms with Crippen LogP contribution in [0.2, 0.25) is 5.02 Å². The zero-order valence-corrected chi connectivity index (χ0v) is 17.4. The van der Waals surface area contributed by atoms with E-state index in [-0.39, 0.29) is 12.8 Å². The number of ether oxygens (including phenoxy) is 3. The van der Waals surface area contributed by atoms with E-state index in [4.69, 9.17) is 25.8 Å². The second-order valence-corrected chi connectivity index (χ2v) is 8.10. The topological polar surface area (TPSA) is 48.0 Å². The average molecular weight is 416 g/mol. The van der Waals surface area contributed by atoms with Gasteiger partial charge in [-0.05, 0) is 57.0 Å². The van der Waals surface area contributed by atoms with Crippen molar-refractivity contribution in [1.29, 1.82) is 0 Å². The van der Waals surface area contributed by atoms with Crippen LogP contribution in [0.3, 0.4) is 0 Å². The predicted octanol–water partition coefficient (Wildman–Crippen LogP) is 4.46. The molecule has 4 rings (SSSR count). The SMILES string of the molecule is CCOC(=O)C1(Cc2ccccc2Cl)CCN(Cc2cccc3c2OCO3)CC1. The molecule has 0 N–H and O–H groups in total. The van der Waals surface area contributed by atoms with Gasteiger partial charge in [-0.1, -0.05) is 41.9 Å². The van der Waals surface area contributed by atoms with Gasteiger partial charge in [0.1, 0.15) is 0 Å². The van der Waals surface area contributed by atoms with Crippen molar-refractivity contribution in [2.24, 2.45) is 5.41 Å². The number of esters is 1. The van der Waals surface area contributed by atoms with Crippen molar-refractivity contribution in [3.8, 4) is 11.5 Å². The number of hydrogen-bond acceptors (Lipinski definition) is 5. The Morgan fingerprint density at radius 1 is 1.10 bits per heavy atom. The first-order chi connectivity index (χ1) is 14.1. The van der Waals surface area contributed by atoms with Gasteiger partial charge in [-0.25, -0.2) is 0 Å². The largest absolute Gasteiger partial charge is 0.466 e. The standard InChI is InChI=1S/C23H26ClNO4/c1-2-27-22(26)23(14-17-6-3-4-8-19(17)24)10-12-25(13-11-23)15-18-7-5-9-20-21(18)29-16-28-20/h3-9H,2,10-16H2,1H3. The molecule has 0 aromatic heterocycles. The van der Waals surface area contributed by atoms with Crippen LogP contribution in [-0.4, -0.2) is 37.4 Å². The number of benzene rings is 2. The molecule has 2 heterocycles. The zero-order chi connectivity index (χ0) is 20.3. The molecule has 1 saturated heterocycles. The van der Waals surface area contributed by atoms with Crippen LogP contribution in [0.4, 0.5) is 0 Å². The Bertz CT molecular complexity index is 877. The number of fused-ring (bicyclic) bond motifs is 1. The van der Waals surface area contributed by atoms with Crippen molar-refractivity contribution in [2.75, 3.05) is 26.5 Å². The minimum Gasteiger partial charge on any atom is -0.466 e. The predicted molar refractivity (Wildman–Crippen MR) is 111 cm³/mol. The van der Waals surface area contributed by atoms with Crippen LogP contribution in [0.5, 0.6) is 11.5 Å². The van der Waals surface area contributed by atoms with Crippen LogP contribution >= 0.6 is 11.6 Å². The van der Waals surface area contributed by atoms with Gasteiger partial charge in [0, 0.05) is 17.1 Å². The highest BCUT2D eigenvalue weighted by Gasteiger charge is 2.43. The molecule has 0 bridgehead atoms. The van der Waals surface area contributed by atoms with E-state index in [1.807, 2.05) is 43.3 Å². The molecule has 2 aliphatic rings. The lowest BCUT2D eigenvalue weighted by Crippen LogP contribution is -2.46. The van der Waals surface area contributed by atoms with Gasteiger partial charge in [0.15, 0.2) is 11.5 Å². The van der Waals surface area contributed by atoms with Crippen molar-refractivity contribution >= 4 is 17.6 Å². The van der Waals surface area contributed by atoms with Gasteiger partial charge in [0.25, 0.3) is 0 Å². The summed E-state index contributed by atoms with van der Waals surface area (Å²) >= 11 is 6.39. The summed E-state index contributed by atoms with van der Waals surface area (Å²) in [5.41, 5.74) is 1.59. The zero-order valence-electron chi connectivity index (χ0n) is 16.7. The Hall–Kier alpha value is -2.24. The number of carbonyl (C=O) groups is 1. The van der Waals surface area contributed by atoms with Gasteiger partial charge < -0.3 is 14.2 Å². The maximum atomic E-state index is 12.9. The van der Waals surface area contributed by atoms with Crippen molar-refractivity contribution in [1.82, 2.24) is 4.90 Å². The molecular weight excluding hydrogens is 390 g/mol. The Morgan fingerprint density at radius 2 is 1.86 bits per heavy atom. The van der Waals surface area contributed by atoms with Crippen molar-refractivity contribution < 1.29 is 19.0 Å². The maximum Gasteiger partial charge on any atom is 0.312 e. The fraction of sp³-hybridized carbons (Fsp3) is 0.435. The number of rotatable bonds is 6. The summed E-state index contributed by atoms with van der Waals surface area (Å²) in [5.74, 6) is 1.53. The monoisotopic (exact) mass is 415 g/mol. The third-order valence-electron chi connectivity index (χ3n) is 5.88. The summed E-state index contributed by atoms with van der Waals surface area (Å²) in [6.45, 7) is 4.92. The van der Waals surface area contributed by atoms with E-state index in [9.17, 15) is 4.79 Å². The molecule has 1 fully saturated rings. The molecule has 2 aliphatic heterocycles. The summed E-state index contributed by atoms with van der Waals surface area (Å²) in [6.07, 6.45) is 2.09. The minimum atomic E-state index is -0.532. The lowest BCUT2D eigenvalue weighted by atomic mass is 9.73. The van der Waals surface area contributed by atoms with Gasteiger partial charge in [-0.2, -0.15) is 0 Å². The molecular formula is C23H26ClNO4. The van der Waals surface area contributed by atoms with E-state index in [1.54, 1.807) is 0 Å². The summed E-state index contributed by atoms with van der Waals surface area (Å²) in [6, 6.07) is 13.8. The molecule has 0 atom stereocenters. The molecule has 0 radical (unpaired) electrons. The van der Waals surface area contributed by atoms with Crippen LogP contribution in [0, 0.1) is 5.41 Å². The molecule has 0 saturated carbocycles. The number of nitrogens with zero attached hydrogens (tertiary/aromatic N) is 1. The molecule has 6 heteroatoms. The van der Waals surface area contributed by atoms with E-state index >= 15 is 0 Å². The molecule has 0 unspecified atom stereocenters. The molecule has 0 aliphatic carbocycles. The molecule has 2 aromatic carbocycles. The Labute approximate surface area is 176 Å². The van der Waals surface area contributed by atoms with Crippen molar-refractivity contribution in [3.63, 3.8) is 0 Å². The van der Waals surface area contributed by atoms with Crippen LogP contribution < -0.4 is 9.47 Å². The van der Waals surface area contributed by atoms with E-state index < -0.39 is 5.41 Å². The first-order valence-electron chi connectivity index (χ1n) is 10.1. The quantitative estimate of drug-likeness (QED) is 0.652.